The lowest BCUT2D eigenvalue weighted by molar-refractivity contribution is 0.341. The van der Waals surface area contributed by atoms with Crippen molar-refractivity contribution < 1.29 is 8.78 Å². The third-order valence-electron chi connectivity index (χ3n) is 2.87. The number of benzene rings is 1. The maximum atomic E-state index is 13.0. The highest BCUT2D eigenvalue weighted by molar-refractivity contribution is 5.96. The average molecular weight is 224 g/mol. The molecule has 0 aromatic heterocycles. The van der Waals surface area contributed by atoms with Crippen molar-refractivity contribution in [2.24, 2.45) is 0 Å². The summed E-state index contributed by atoms with van der Waals surface area (Å²) in [5.74, 6) is -1.46. The first-order valence-electron chi connectivity index (χ1n) is 5.47. The van der Waals surface area contributed by atoms with Gasteiger partial charge in [0.05, 0.1) is 0 Å². The molecule has 4 heteroatoms. The van der Waals surface area contributed by atoms with E-state index in [0.29, 0.717) is 11.4 Å². The number of hydrogen-bond acceptors (Lipinski definition) is 1. The second kappa shape index (κ2) is 4.60. The van der Waals surface area contributed by atoms with Crippen molar-refractivity contribution in [3.8, 4) is 0 Å². The van der Waals surface area contributed by atoms with Crippen LogP contribution in [0.2, 0.25) is 0 Å². The van der Waals surface area contributed by atoms with E-state index < -0.39 is 11.6 Å². The van der Waals surface area contributed by atoms with Crippen LogP contribution in [0.3, 0.4) is 0 Å². The van der Waals surface area contributed by atoms with E-state index >= 15 is 0 Å². The molecule has 1 aliphatic rings. The van der Waals surface area contributed by atoms with Crippen molar-refractivity contribution in [3.63, 3.8) is 0 Å². The molecule has 86 valence electrons. The first-order valence-corrected chi connectivity index (χ1v) is 5.47. The molecule has 0 saturated carbocycles. The monoisotopic (exact) mass is 224 g/mol. The van der Waals surface area contributed by atoms with Crippen LogP contribution in [0.5, 0.6) is 0 Å². The lowest BCUT2D eigenvalue weighted by Crippen LogP contribution is -2.35. The highest BCUT2D eigenvalue weighted by Crippen LogP contribution is 2.15. The molecule has 1 aliphatic heterocycles. The molecule has 1 saturated heterocycles. The van der Waals surface area contributed by atoms with Gasteiger partial charge in [0.15, 0.2) is 11.6 Å². The lowest BCUT2D eigenvalue weighted by Gasteiger charge is -2.29. The van der Waals surface area contributed by atoms with E-state index in [0.717, 1.165) is 38.1 Å². The van der Waals surface area contributed by atoms with Crippen molar-refractivity contribution in [2.75, 3.05) is 13.1 Å². The molecular formula is C12H14F2N2. The molecule has 0 aliphatic carbocycles. The highest BCUT2D eigenvalue weighted by atomic mass is 19.2. The number of rotatable bonds is 1. The largest absolute Gasteiger partial charge is 0.357 e. The Bertz CT molecular complexity index is 398. The van der Waals surface area contributed by atoms with Crippen LogP contribution in [-0.4, -0.2) is 23.8 Å². The van der Waals surface area contributed by atoms with Crippen molar-refractivity contribution in [3.05, 3.63) is 35.4 Å². The minimum Gasteiger partial charge on any atom is -0.357 e. The fourth-order valence-electron chi connectivity index (χ4n) is 1.94. The number of halogens is 2. The zero-order valence-electron chi connectivity index (χ0n) is 8.97. The SMILES string of the molecule is N=C(c1ccc(F)c(F)c1)N1CCCCC1. The summed E-state index contributed by atoms with van der Waals surface area (Å²) in [6.45, 7) is 1.66. The van der Waals surface area contributed by atoms with E-state index in [1.807, 2.05) is 4.90 Å². The smallest absolute Gasteiger partial charge is 0.159 e. The molecule has 2 nitrogen and oxygen atoms in total. The van der Waals surface area contributed by atoms with Gasteiger partial charge in [-0.3, -0.25) is 5.41 Å². The molecular weight excluding hydrogens is 210 g/mol. The summed E-state index contributed by atoms with van der Waals surface area (Å²) < 4.78 is 25.8. The lowest BCUT2D eigenvalue weighted by atomic mass is 10.1. The van der Waals surface area contributed by atoms with Crippen molar-refractivity contribution >= 4 is 5.84 Å². The molecule has 0 atom stereocenters. The molecule has 1 N–H and O–H groups in total. The third-order valence-corrected chi connectivity index (χ3v) is 2.87. The quantitative estimate of drug-likeness (QED) is 0.576. The summed E-state index contributed by atoms with van der Waals surface area (Å²) in [5.41, 5.74) is 0.445. The van der Waals surface area contributed by atoms with E-state index in [1.54, 1.807) is 0 Å². The van der Waals surface area contributed by atoms with Crippen molar-refractivity contribution in [1.29, 1.82) is 5.41 Å². The summed E-state index contributed by atoms with van der Waals surface area (Å²) in [4.78, 5) is 1.91. The number of nitrogens with zero attached hydrogens (tertiary/aromatic N) is 1. The van der Waals surface area contributed by atoms with Gasteiger partial charge in [0.2, 0.25) is 0 Å². The zero-order valence-corrected chi connectivity index (χ0v) is 8.97. The number of hydrogen-bond donors (Lipinski definition) is 1. The van der Waals surface area contributed by atoms with Crippen LogP contribution in [0.1, 0.15) is 24.8 Å². The maximum absolute atomic E-state index is 13.0. The Morgan fingerprint density at radius 1 is 1.06 bits per heavy atom. The van der Waals surface area contributed by atoms with Gasteiger partial charge < -0.3 is 4.90 Å². The molecule has 0 unspecified atom stereocenters. The molecule has 0 spiro atoms. The number of amidine groups is 1. The summed E-state index contributed by atoms with van der Waals surface area (Å²) in [5, 5.41) is 7.93. The van der Waals surface area contributed by atoms with E-state index in [9.17, 15) is 8.78 Å². The Labute approximate surface area is 93.4 Å². The first-order chi connectivity index (χ1) is 7.68. The van der Waals surface area contributed by atoms with E-state index in [2.05, 4.69) is 0 Å². The summed E-state index contributed by atoms with van der Waals surface area (Å²) >= 11 is 0. The van der Waals surface area contributed by atoms with Gasteiger partial charge in [-0.15, -0.1) is 0 Å². The van der Waals surface area contributed by atoms with Gasteiger partial charge in [0, 0.05) is 18.7 Å². The molecule has 0 bridgehead atoms. The second-order valence-corrected chi connectivity index (χ2v) is 4.03. The number of piperidine rings is 1. The summed E-state index contributed by atoms with van der Waals surface area (Å²) in [7, 11) is 0. The van der Waals surface area contributed by atoms with E-state index in [1.165, 1.54) is 12.5 Å². The van der Waals surface area contributed by atoms with Crippen LogP contribution in [0.4, 0.5) is 8.78 Å². The molecule has 1 aromatic rings. The molecule has 0 amide bonds. The maximum Gasteiger partial charge on any atom is 0.159 e. The number of nitrogens with one attached hydrogen (secondary N) is 1. The van der Waals surface area contributed by atoms with Gasteiger partial charge in [0.1, 0.15) is 5.84 Å². The fourth-order valence-corrected chi connectivity index (χ4v) is 1.94. The number of likely N-dealkylation sites (tertiary alicyclic amines) is 1. The first kappa shape index (κ1) is 11.0. The van der Waals surface area contributed by atoms with Gasteiger partial charge in [-0.25, -0.2) is 8.78 Å². The molecule has 0 radical (unpaired) electrons. The molecule has 1 heterocycles. The van der Waals surface area contributed by atoms with Crippen LogP contribution >= 0.6 is 0 Å². The Morgan fingerprint density at radius 2 is 1.75 bits per heavy atom. The van der Waals surface area contributed by atoms with Crippen LogP contribution in [-0.2, 0) is 0 Å². The van der Waals surface area contributed by atoms with Gasteiger partial charge in [-0.2, -0.15) is 0 Å². The summed E-state index contributed by atoms with van der Waals surface area (Å²) in [6, 6.07) is 3.62. The molecule has 2 rings (SSSR count). The van der Waals surface area contributed by atoms with Crippen LogP contribution < -0.4 is 0 Å². The average Bonchev–Trinajstić information content (AvgIpc) is 2.33. The van der Waals surface area contributed by atoms with Gasteiger partial charge >= 0.3 is 0 Å². The Hall–Kier alpha value is -1.45. The zero-order chi connectivity index (χ0) is 11.5. The van der Waals surface area contributed by atoms with Crippen molar-refractivity contribution in [1.82, 2.24) is 4.90 Å². The standard InChI is InChI=1S/C12H14F2N2/c13-10-5-4-9(8-11(10)14)12(15)16-6-2-1-3-7-16/h4-5,8,15H,1-3,6-7H2. The molecule has 1 aromatic carbocycles. The van der Waals surface area contributed by atoms with Gasteiger partial charge in [0.25, 0.3) is 0 Å². The highest BCUT2D eigenvalue weighted by Gasteiger charge is 2.16. The van der Waals surface area contributed by atoms with Crippen LogP contribution in [0.25, 0.3) is 0 Å². The topological polar surface area (TPSA) is 27.1 Å². The molecule has 16 heavy (non-hydrogen) atoms. The minimum atomic E-state index is -0.890. The predicted molar refractivity (Wildman–Crippen MR) is 58.6 cm³/mol. The van der Waals surface area contributed by atoms with Crippen LogP contribution in [0, 0.1) is 17.0 Å². The minimum absolute atomic E-state index is 0.290. The van der Waals surface area contributed by atoms with Gasteiger partial charge in [-0.1, -0.05) is 0 Å². The van der Waals surface area contributed by atoms with E-state index in [-0.39, 0.29) is 0 Å². The van der Waals surface area contributed by atoms with Gasteiger partial charge in [-0.05, 0) is 37.5 Å². The predicted octanol–water partition coefficient (Wildman–Crippen LogP) is 2.78. The molecule has 1 fully saturated rings. The normalized spacial score (nSPS) is 16.2. The third kappa shape index (κ3) is 2.21. The second-order valence-electron chi connectivity index (χ2n) is 4.03. The van der Waals surface area contributed by atoms with Crippen LogP contribution in [0.15, 0.2) is 18.2 Å². The Morgan fingerprint density at radius 3 is 2.38 bits per heavy atom. The summed E-state index contributed by atoms with van der Waals surface area (Å²) in [6.07, 6.45) is 3.31. The fraction of sp³-hybridized carbons (Fsp3) is 0.417. The van der Waals surface area contributed by atoms with Crippen molar-refractivity contribution in [2.45, 2.75) is 19.3 Å². The Kier molecular flexibility index (Phi) is 3.17. The van der Waals surface area contributed by atoms with E-state index in [4.69, 9.17) is 5.41 Å². The Balaban J connectivity index is 2.16.